The van der Waals surface area contributed by atoms with Crippen molar-refractivity contribution in [2.45, 2.75) is 32.3 Å². The number of benzene rings is 3. The summed E-state index contributed by atoms with van der Waals surface area (Å²) in [7, 11) is 0. The van der Waals surface area contributed by atoms with Gasteiger partial charge in [-0.2, -0.15) is 0 Å². The molecular formula is C28H31N3O3. The molecule has 0 spiro atoms. The minimum absolute atomic E-state index is 0.0839. The minimum atomic E-state index is -0.162. The van der Waals surface area contributed by atoms with Gasteiger partial charge in [-0.3, -0.25) is 9.59 Å². The third-order valence-electron chi connectivity index (χ3n) is 5.84. The number of rotatable bonds is 8. The van der Waals surface area contributed by atoms with E-state index in [0.717, 1.165) is 37.2 Å². The van der Waals surface area contributed by atoms with E-state index < -0.39 is 0 Å². The molecule has 1 heterocycles. The van der Waals surface area contributed by atoms with Crippen LogP contribution in [0.3, 0.4) is 0 Å². The molecule has 6 nitrogen and oxygen atoms in total. The second-order valence-corrected chi connectivity index (χ2v) is 8.49. The van der Waals surface area contributed by atoms with Crippen LogP contribution in [0, 0.1) is 0 Å². The van der Waals surface area contributed by atoms with Gasteiger partial charge in [-0.15, -0.1) is 0 Å². The number of hydrogen-bond acceptors (Lipinski definition) is 4. The lowest BCUT2D eigenvalue weighted by molar-refractivity contribution is -0.114. The van der Waals surface area contributed by atoms with Crippen LogP contribution in [0.15, 0.2) is 78.9 Å². The quantitative estimate of drug-likeness (QED) is 0.480. The fourth-order valence-electron chi connectivity index (χ4n) is 3.98. The van der Waals surface area contributed by atoms with E-state index >= 15 is 0 Å². The first-order valence-electron chi connectivity index (χ1n) is 11.9. The highest BCUT2D eigenvalue weighted by molar-refractivity contribution is 5.95. The van der Waals surface area contributed by atoms with E-state index in [1.54, 1.807) is 0 Å². The van der Waals surface area contributed by atoms with Crippen LogP contribution in [0.5, 0.6) is 5.75 Å². The molecule has 176 valence electrons. The number of carbonyl (C=O) groups excluding carboxylic acids is 2. The Morgan fingerprint density at radius 3 is 2.26 bits per heavy atom. The largest absolute Gasteiger partial charge is 0.489 e. The summed E-state index contributed by atoms with van der Waals surface area (Å²) in [6.45, 7) is 2.25. The Morgan fingerprint density at radius 2 is 1.53 bits per heavy atom. The van der Waals surface area contributed by atoms with Gasteiger partial charge in [0.15, 0.2) is 0 Å². The molecule has 4 rings (SSSR count). The summed E-state index contributed by atoms with van der Waals surface area (Å²) in [5.41, 5.74) is 3.24. The zero-order valence-corrected chi connectivity index (χ0v) is 19.3. The van der Waals surface area contributed by atoms with Crippen molar-refractivity contribution in [2.24, 2.45) is 0 Å². The highest BCUT2D eigenvalue weighted by Gasteiger charge is 2.17. The van der Waals surface area contributed by atoms with Gasteiger partial charge in [0.05, 0.1) is 6.54 Å². The van der Waals surface area contributed by atoms with E-state index in [1.807, 2.05) is 83.8 Å². The van der Waals surface area contributed by atoms with Crippen LogP contribution in [-0.2, 0) is 11.4 Å². The molecule has 1 fully saturated rings. The number of carbonyl (C=O) groups is 2. The molecule has 2 amide bonds. The number of amides is 2. The molecule has 0 aliphatic carbocycles. The van der Waals surface area contributed by atoms with Crippen LogP contribution in [-0.4, -0.2) is 36.3 Å². The number of nitrogens with zero attached hydrogens (tertiary/aromatic N) is 1. The Morgan fingerprint density at radius 1 is 0.794 bits per heavy atom. The average molecular weight is 458 g/mol. The average Bonchev–Trinajstić information content (AvgIpc) is 3.17. The van der Waals surface area contributed by atoms with Gasteiger partial charge in [0.2, 0.25) is 5.91 Å². The standard InChI is InChI=1S/C28H31N3O3/c32-27(30-25-11-8-12-26(19-25)34-21-22-9-4-3-5-10-22)20-29-24-15-13-23(14-16-24)28(33)31-17-6-1-2-7-18-31/h3-5,8-16,19,29H,1-2,6-7,17-18,20-21H2,(H,30,32). The number of nitrogens with one attached hydrogen (secondary N) is 2. The maximum absolute atomic E-state index is 12.7. The first-order chi connectivity index (χ1) is 16.7. The monoisotopic (exact) mass is 457 g/mol. The second-order valence-electron chi connectivity index (χ2n) is 8.49. The fraction of sp³-hybridized carbons (Fsp3) is 0.286. The molecule has 2 N–H and O–H groups in total. The molecule has 0 unspecified atom stereocenters. The van der Waals surface area contributed by atoms with Crippen LogP contribution >= 0.6 is 0 Å². The molecule has 34 heavy (non-hydrogen) atoms. The summed E-state index contributed by atoms with van der Waals surface area (Å²) in [4.78, 5) is 27.1. The van der Waals surface area contributed by atoms with Crippen LogP contribution in [0.4, 0.5) is 11.4 Å². The van der Waals surface area contributed by atoms with Gasteiger partial charge in [0.1, 0.15) is 12.4 Å². The molecule has 3 aromatic carbocycles. The predicted molar refractivity (Wildman–Crippen MR) is 135 cm³/mol. The van der Waals surface area contributed by atoms with E-state index in [-0.39, 0.29) is 18.4 Å². The lowest BCUT2D eigenvalue weighted by Crippen LogP contribution is -2.31. The maximum Gasteiger partial charge on any atom is 0.253 e. The van der Waals surface area contributed by atoms with Crippen LogP contribution in [0.25, 0.3) is 0 Å². The van der Waals surface area contributed by atoms with Crippen LogP contribution < -0.4 is 15.4 Å². The molecule has 0 bridgehead atoms. The molecular weight excluding hydrogens is 426 g/mol. The van der Waals surface area contributed by atoms with Gasteiger partial charge >= 0.3 is 0 Å². The molecule has 0 saturated carbocycles. The van der Waals surface area contributed by atoms with Gasteiger partial charge in [-0.25, -0.2) is 0 Å². The van der Waals surface area contributed by atoms with Crippen molar-refractivity contribution in [2.75, 3.05) is 30.3 Å². The highest BCUT2D eigenvalue weighted by atomic mass is 16.5. The Balaban J connectivity index is 1.25. The van der Waals surface area contributed by atoms with E-state index in [4.69, 9.17) is 4.74 Å². The van der Waals surface area contributed by atoms with Crippen molar-refractivity contribution < 1.29 is 14.3 Å². The second kappa shape index (κ2) is 11.9. The summed E-state index contributed by atoms with van der Waals surface area (Å²) < 4.78 is 5.83. The molecule has 6 heteroatoms. The van der Waals surface area contributed by atoms with Crippen molar-refractivity contribution in [3.8, 4) is 5.75 Å². The van der Waals surface area contributed by atoms with Crippen molar-refractivity contribution in [1.82, 2.24) is 4.90 Å². The van der Waals surface area contributed by atoms with Gasteiger partial charge in [-0.1, -0.05) is 49.2 Å². The maximum atomic E-state index is 12.7. The molecule has 0 aromatic heterocycles. The van der Waals surface area contributed by atoms with Gasteiger partial charge in [0.25, 0.3) is 5.91 Å². The summed E-state index contributed by atoms with van der Waals surface area (Å²) in [5.74, 6) is 0.616. The van der Waals surface area contributed by atoms with Crippen molar-refractivity contribution >= 4 is 23.2 Å². The zero-order chi connectivity index (χ0) is 23.6. The first-order valence-corrected chi connectivity index (χ1v) is 11.9. The lowest BCUT2D eigenvalue weighted by atomic mass is 10.1. The SMILES string of the molecule is O=C(CNc1ccc(C(=O)N2CCCCCC2)cc1)Nc1cccc(OCc2ccccc2)c1. The minimum Gasteiger partial charge on any atom is -0.489 e. The number of anilines is 2. The zero-order valence-electron chi connectivity index (χ0n) is 19.3. The predicted octanol–water partition coefficient (Wildman–Crippen LogP) is 5.33. The topological polar surface area (TPSA) is 70.7 Å². The molecule has 1 aliphatic heterocycles. The van der Waals surface area contributed by atoms with Crippen molar-refractivity contribution in [3.63, 3.8) is 0 Å². The highest BCUT2D eigenvalue weighted by Crippen LogP contribution is 2.19. The number of likely N-dealkylation sites (tertiary alicyclic amines) is 1. The van der Waals surface area contributed by atoms with E-state index in [1.165, 1.54) is 12.8 Å². The summed E-state index contributed by atoms with van der Waals surface area (Å²) >= 11 is 0. The Labute approximate surface area is 200 Å². The number of ether oxygens (including phenoxy) is 1. The van der Waals surface area contributed by atoms with Crippen LogP contribution in [0.2, 0.25) is 0 Å². The summed E-state index contributed by atoms with van der Waals surface area (Å²) in [5, 5.41) is 6.00. The van der Waals surface area contributed by atoms with Gasteiger partial charge in [-0.05, 0) is 54.8 Å². The molecule has 1 saturated heterocycles. The Bertz CT molecular complexity index is 1080. The summed E-state index contributed by atoms with van der Waals surface area (Å²) in [6.07, 6.45) is 4.53. The third-order valence-corrected chi connectivity index (χ3v) is 5.84. The smallest absolute Gasteiger partial charge is 0.253 e. The fourth-order valence-corrected chi connectivity index (χ4v) is 3.98. The van der Waals surface area contributed by atoms with E-state index in [0.29, 0.717) is 23.6 Å². The lowest BCUT2D eigenvalue weighted by Gasteiger charge is -2.20. The van der Waals surface area contributed by atoms with Gasteiger partial charge < -0.3 is 20.3 Å². The van der Waals surface area contributed by atoms with E-state index in [2.05, 4.69) is 10.6 Å². The molecule has 1 aliphatic rings. The third kappa shape index (κ3) is 6.85. The van der Waals surface area contributed by atoms with Crippen molar-refractivity contribution in [3.05, 3.63) is 90.0 Å². The Hall–Kier alpha value is -3.80. The molecule has 3 aromatic rings. The first kappa shape index (κ1) is 23.4. The van der Waals surface area contributed by atoms with Crippen molar-refractivity contribution in [1.29, 1.82) is 0 Å². The summed E-state index contributed by atoms with van der Waals surface area (Å²) in [6, 6.07) is 24.6. The van der Waals surface area contributed by atoms with Gasteiger partial charge in [0, 0.05) is 36.1 Å². The van der Waals surface area contributed by atoms with Crippen LogP contribution in [0.1, 0.15) is 41.6 Å². The number of hydrogen-bond donors (Lipinski definition) is 2. The molecule has 0 atom stereocenters. The normalized spacial score (nSPS) is 13.6. The molecule has 0 radical (unpaired) electrons. The van der Waals surface area contributed by atoms with E-state index in [9.17, 15) is 9.59 Å². The Kier molecular flexibility index (Phi) is 8.17.